The molecule has 1 saturated heterocycles. The summed E-state index contributed by atoms with van der Waals surface area (Å²) >= 11 is 0. The van der Waals surface area contributed by atoms with E-state index in [1.54, 1.807) is 32.9 Å². The molecule has 162 valence electrons. The van der Waals surface area contributed by atoms with Crippen LogP contribution < -0.4 is 5.32 Å². The number of hydrogen-bond acceptors (Lipinski definition) is 5. The highest BCUT2D eigenvalue weighted by Crippen LogP contribution is 2.38. The van der Waals surface area contributed by atoms with Gasteiger partial charge in [-0.25, -0.2) is 4.79 Å². The second kappa shape index (κ2) is 9.19. The van der Waals surface area contributed by atoms with Gasteiger partial charge in [0.15, 0.2) is 0 Å². The van der Waals surface area contributed by atoms with Crippen LogP contribution in [0.3, 0.4) is 0 Å². The van der Waals surface area contributed by atoms with Crippen LogP contribution in [0.25, 0.3) is 0 Å². The Morgan fingerprint density at radius 3 is 2.62 bits per heavy atom. The molecule has 2 rings (SSSR count). The molecular weight excluding hydrogens is 382 g/mol. The number of rotatable bonds is 7. The third kappa shape index (κ3) is 6.22. The highest BCUT2D eigenvalue weighted by molar-refractivity contribution is 5.68. The number of aliphatic hydroxyl groups is 1. The van der Waals surface area contributed by atoms with Gasteiger partial charge in [0.2, 0.25) is 6.41 Å². The second-order valence-electron chi connectivity index (χ2n) is 8.21. The minimum absolute atomic E-state index is 0.0249. The molecule has 2 atom stereocenters. The van der Waals surface area contributed by atoms with Crippen LogP contribution in [-0.4, -0.2) is 52.7 Å². The van der Waals surface area contributed by atoms with Gasteiger partial charge in [-0.2, -0.15) is 8.78 Å². The lowest BCUT2D eigenvalue weighted by Gasteiger charge is -2.47. The first-order valence-electron chi connectivity index (χ1n) is 9.59. The van der Waals surface area contributed by atoms with Crippen molar-refractivity contribution in [3.05, 3.63) is 48.6 Å². The van der Waals surface area contributed by atoms with Crippen LogP contribution in [0.4, 0.5) is 13.6 Å². The maximum atomic E-state index is 14.9. The third-order valence-electron chi connectivity index (χ3n) is 4.69. The maximum absolute atomic E-state index is 14.9. The first-order valence-corrected chi connectivity index (χ1v) is 9.59. The van der Waals surface area contributed by atoms with Crippen molar-refractivity contribution in [2.45, 2.75) is 63.7 Å². The molecule has 29 heavy (non-hydrogen) atoms. The highest BCUT2D eigenvalue weighted by atomic mass is 19.3. The molecule has 0 bridgehead atoms. The number of halogens is 2. The van der Waals surface area contributed by atoms with Crippen molar-refractivity contribution in [2.75, 3.05) is 13.1 Å². The van der Waals surface area contributed by atoms with Crippen LogP contribution in [0.5, 0.6) is 0 Å². The molecule has 0 aromatic heterocycles. The van der Waals surface area contributed by atoms with Gasteiger partial charge in [0.25, 0.3) is 5.92 Å². The predicted octanol–water partition coefficient (Wildman–Crippen LogP) is 3.66. The number of benzene rings is 1. The van der Waals surface area contributed by atoms with Crippen molar-refractivity contribution >= 4 is 6.09 Å². The lowest BCUT2D eigenvalue weighted by Crippen LogP contribution is -2.69. The third-order valence-corrected chi connectivity index (χ3v) is 4.69. The largest absolute Gasteiger partial charge is 0.444 e. The van der Waals surface area contributed by atoms with Gasteiger partial charge in [0.05, 0.1) is 6.61 Å². The number of carbonyl (C=O) groups is 1. The lowest BCUT2D eigenvalue weighted by molar-refractivity contribution is -0.179. The molecule has 6 nitrogen and oxygen atoms in total. The normalized spacial score (nSPS) is 21.5. The van der Waals surface area contributed by atoms with E-state index < -0.39 is 29.6 Å². The van der Waals surface area contributed by atoms with E-state index in [9.17, 15) is 18.7 Å². The van der Waals surface area contributed by atoms with Crippen molar-refractivity contribution in [1.82, 2.24) is 10.2 Å². The predicted molar refractivity (Wildman–Crippen MR) is 105 cm³/mol. The Hall–Kier alpha value is -2.03. The van der Waals surface area contributed by atoms with E-state index >= 15 is 0 Å². The summed E-state index contributed by atoms with van der Waals surface area (Å²) in [4.78, 5) is 13.7. The van der Waals surface area contributed by atoms with E-state index in [1.165, 1.54) is 4.90 Å². The number of carbonyl (C=O) groups excluding carboxylic acids is 1. The van der Waals surface area contributed by atoms with Crippen LogP contribution in [0, 0.1) is 0 Å². The number of nitrogens with zero attached hydrogens (tertiary/aromatic N) is 1. The quantitative estimate of drug-likeness (QED) is 0.528. The van der Waals surface area contributed by atoms with Gasteiger partial charge in [0.1, 0.15) is 11.1 Å². The Labute approximate surface area is 170 Å². The van der Waals surface area contributed by atoms with Crippen LogP contribution in [0.2, 0.25) is 0 Å². The SMILES string of the molecule is C=CC(F)(F)C1(NC(O)OCc2ccccc2)CCCN(C(=O)OC(C)(C)C)C1. The molecule has 1 heterocycles. The van der Waals surface area contributed by atoms with Crippen molar-refractivity contribution in [1.29, 1.82) is 0 Å². The number of amides is 1. The molecule has 1 fully saturated rings. The second-order valence-corrected chi connectivity index (χ2v) is 8.21. The molecule has 0 saturated carbocycles. The fourth-order valence-corrected chi connectivity index (χ4v) is 3.25. The minimum Gasteiger partial charge on any atom is -0.444 e. The van der Waals surface area contributed by atoms with E-state index in [0.29, 0.717) is 12.5 Å². The molecule has 1 aliphatic heterocycles. The molecular formula is C21H30F2N2O4. The Balaban J connectivity index is 2.13. The van der Waals surface area contributed by atoms with Crippen molar-refractivity contribution < 1.29 is 28.2 Å². The monoisotopic (exact) mass is 412 g/mol. The Morgan fingerprint density at radius 1 is 1.38 bits per heavy atom. The summed E-state index contributed by atoms with van der Waals surface area (Å²) in [6.07, 6.45) is -1.47. The summed E-state index contributed by atoms with van der Waals surface area (Å²) in [5, 5.41) is 12.8. The number of alkyl halides is 2. The van der Waals surface area contributed by atoms with Gasteiger partial charge >= 0.3 is 6.09 Å². The zero-order valence-electron chi connectivity index (χ0n) is 17.2. The van der Waals surface area contributed by atoms with Crippen molar-refractivity contribution in [3.63, 3.8) is 0 Å². The number of nitrogens with one attached hydrogen (secondary N) is 1. The van der Waals surface area contributed by atoms with E-state index in [1.807, 2.05) is 18.2 Å². The Bertz CT molecular complexity index is 694. The fraction of sp³-hybridized carbons (Fsp3) is 0.571. The zero-order valence-corrected chi connectivity index (χ0v) is 17.2. The van der Waals surface area contributed by atoms with Gasteiger partial charge in [-0.1, -0.05) is 36.9 Å². The van der Waals surface area contributed by atoms with Gasteiger partial charge in [-0.05, 0) is 45.3 Å². The topological polar surface area (TPSA) is 71.0 Å². The van der Waals surface area contributed by atoms with Crippen LogP contribution in [0.1, 0.15) is 39.2 Å². The smallest absolute Gasteiger partial charge is 0.410 e. The first-order chi connectivity index (χ1) is 13.5. The van der Waals surface area contributed by atoms with E-state index in [2.05, 4.69) is 11.9 Å². The van der Waals surface area contributed by atoms with Crippen LogP contribution >= 0.6 is 0 Å². The number of hydrogen-bond donors (Lipinski definition) is 2. The standard InChI is InChI=1S/C21H30F2N2O4/c1-5-21(22,23)20(24-17(26)28-14-16-10-7-6-8-11-16)12-9-13-25(15-20)18(27)29-19(2,3)4/h5-8,10-11,17,24,26H,1,9,12-15H2,2-4H3. The molecule has 0 aliphatic carbocycles. The van der Waals surface area contributed by atoms with E-state index in [-0.39, 0.29) is 26.1 Å². The molecule has 0 spiro atoms. The van der Waals surface area contributed by atoms with Crippen molar-refractivity contribution in [3.8, 4) is 0 Å². The van der Waals surface area contributed by atoms with E-state index in [0.717, 1.165) is 5.56 Å². The summed E-state index contributed by atoms with van der Waals surface area (Å²) < 4.78 is 40.4. The minimum atomic E-state index is -3.40. The number of piperidine rings is 1. The zero-order chi connectivity index (χ0) is 21.7. The number of aliphatic hydroxyl groups excluding tert-OH is 1. The summed E-state index contributed by atoms with van der Waals surface area (Å²) in [5.74, 6) is -3.40. The summed E-state index contributed by atoms with van der Waals surface area (Å²) in [5.41, 5.74) is -1.89. The molecule has 1 amide bonds. The maximum Gasteiger partial charge on any atom is 0.410 e. The Kier molecular flexibility index (Phi) is 7.37. The molecule has 8 heteroatoms. The number of likely N-dealkylation sites (tertiary alicyclic amines) is 1. The average molecular weight is 412 g/mol. The van der Waals surface area contributed by atoms with E-state index in [4.69, 9.17) is 9.47 Å². The van der Waals surface area contributed by atoms with Gasteiger partial charge in [-0.3, -0.25) is 5.32 Å². The summed E-state index contributed by atoms with van der Waals surface area (Å²) in [6.45, 7) is 8.33. The Morgan fingerprint density at radius 2 is 2.03 bits per heavy atom. The number of ether oxygens (including phenoxy) is 2. The molecule has 2 N–H and O–H groups in total. The van der Waals surface area contributed by atoms with Crippen molar-refractivity contribution in [2.24, 2.45) is 0 Å². The molecule has 2 unspecified atom stereocenters. The molecule has 1 aromatic rings. The fourth-order valence-electron chi connectivity index (χ4n) is 3.25. The molecule has 1 aliphatic rings. The van der Waals surface area contributed by atoms with Crippen LogP contribution in [0.15, 0.2) is 43.0 Å². The summed E-state index contributed by atoms with van der Waals surface area (Å²) in [6, 6.07) is 9.06. The summed E-state index contributed by atoms with van der Waals surface area (Å²) in [7, 11) is 0. The van der Waals surface area contributed by atoms with Gasteiger partial charge in [-0.15, -0.1) is 0 Å². The average Bonchev–Trinajstić information content (AvgIpc) is 2.66. The van der Waals surface area contributed by atoms with Crippen LogP contribution in [-0.2, 0) is 16.1 Å². The first kappa shape index (κ1) is 23.3. The van der Waals surface area contributed by atoms with Gasteiger partial charge < -0.3 is 19.5 Å². The molecule has 0 radical (unpaired) electrons. The lowest BCUT2D eigenvalue weighted by atomic mass is 9.82. The van der Waals surface area contributed by atoms with Gasteiger partial charge in [0, 0.05) is 13.1 Å². The highest BCUT2D eigenvalue weighted by Gasteiger charge is 2.55. The molecule has 1 aromatic carbocycles.